The van der Waals surface area contributed by atoms with Crippen molar-refractivity contribution in [3.8, 4) is 0 Å². The summed E-state index contributed by atoms with van der Waals surface area (Å²) in [6.07, 6.45) is 11.3. The van der Waals surface area contributed by atoms with E-state index in [2.05, 4.69) is 31.8 Å². The number of hydrogen-bond acceptors (Lipinski definition) is 4. The third kappa shape index (κ3) is 3.08. The molecule has 1 aliphatic carbocycles. The molecule has 1 saturated carbocycles. The molecule has 1 unspecified atom stereocenters. The molecule has 4 rings (SSSR count). The van der Waals surface area contributed by atoms with Crippen molar-refractivity contribution < 1.29 is 0 Å². The molecule has 1 aliphatic heterocycles. The number of pyridine rings is 1. The first kappa shape index (κ1) is 16.1. The summed E-state index contributed by atoms with van der Waals surface area (Å²) >= 11 is 6.36. The molecule has 2 fully saturated rings. The van der Waals surface area contributed by atoms with Crippen LogP contribution in [0.3, 0.4) is 0 Å². The molecule has 24 heavy (non-hydrogen) atoms. The summed E-state index contributed by atoms with van der Waals surface area (Å²) in [4.78, 5) is 11.2. The zero-order valence-electron chi connectivity index (χ0n) is 14.1. The Balaban J connectivity index is 1.56. The van der Waals surface area contributed by atoms with Crippen LogP contribution in [0.1, 0.15) is 30.7 Å². The Kier molecular flexibility index (Phi) is 4.33. The molecule has 5 nitrogen and oxygen atoms in total. The Hall–Kier alpha value is -1.43. The minimum Gasteiger partial charge on any atom is -0.337 e. The van der Waals surface area contributed by atoms with Gasteiger partial charge in [-0.1, -0.05) is 11.6 Å². The number of aryl methyl sites for hydroxylation is 1. The Morgan fingerprint density at radius 3 is 2.88 bits per heavy atom. The molecule has 0 radical (unpaired) electrons. The van der Waals surface area contributed by atoms with Crippen molar-refractivity contribution >= 4 is 11.6 Å². The molecule has 0 bridgehead atoms. The van der Waals surface area contributed by atoms with Crippen LogP contribution in [-0.2, 0) is 20.1 Å². The van der Waals surface area contributed by atoms with Gasteiger partial charge in [-0.2, -0.15) is 0 Å². The SMILES string of the molecule is Cn1ccnc1CN(Cc1ccncc1Cl)C1CC12CCNCC2. The van der Waals surface area contributed by atoms with E-state index in [9.17, 15) is 0 Å². The Morgan fingerprint density at radius 2 is 2.17 bits per heavy atom. The van der Waals surface area contributed by atoms with E-state index >= 15 is 0 Å². The minimum atomic E-state index is 0.496. The molecule has 6 heteroatoms. The normalized spacial score (nSPS) is 22.2. The van der Waals surface area contributed by atoms with Crippen molar-refractivity contribution in [2.75, 3.05) is 13.1 Å². The van der Waals surface area contributed by atoms with E-state index in [0.717, 1.165) is 42.6 Å². The average molecular weight is 346 g/mol. The number of piperidine rings is 1. The second-order valence-corrected chi connectivity index (χ2v) is 7.57. The highest BCUT2D eigenvalue weighted by Gasteiger charge is 2.56. The van der Waals surface area contributed by atoms with Gasteiger partial charge < -0.3 is 9.88 Å². The number of imidazole rings is 1. The molecule has 1 atom stereocenters. The lowest BCUT2D eigenvalue weighted by Crippen LogP contribution is -2.36. The lowest BCUT2D eigenvalue weighted by Gasteiger charge is -2.29. The third-order valence-corrected chi connectivity index (χ3v) is 6.02. The van der Waals surface area contributed by atoms with E-state index in [4.69, 9.17) is 11.6 Å². The second-order valence-electron chi connectivity index (χ2n) is 7.16. The van der Waals surface area contributed by atoms with Gasteiger partial charge in [0.1, 0.15) is 5.82 Å². The number of nitrogens with zero attached hydrogens (tertiary/aromatic N) is 4. The summed E-state index contributed by atoms with van der Waals surface area (Å²) in [6.45, 7) is 4.00. The maximum atomic E-state index is 6.36. The van der Waals surface area contributed by atoms with E-state index in [0.29, 0.717) is 11.5 Å². The van der Waals surface area contributed by atoms with Crippen molar-refractivity contribution in [2.45, 2.75) is 38.4 Å². The fraction of sp³-hybridized carbons (Fsp3) is 0.556. The molecule has 0 aromatic carbocycles. The van der Waals surface area contributed by atoms with Crippen molar-refractivity contribution in [2.24, 2.45) is 12.5 Å². The molecule has 128 valence electrons. The van der Waals surface area contributed by atoms with Crippen molar-refractivity contribution in [1.82, 2.24) is 24.8 Å². The summed E-state index contributed by atoms with van der Waals surface area (Å²) in [5.74, 6) is 1.11. The zero-order chi connectivity index (χ0) is 16.6. The smallest absolute Gasteiger partial charge is 0.122 e. The number of nitrogens with one attached hydrogen (secondary N) is 1. The number of rotatable bonds is 5. The van der Waals surface area contributed by atoms with E-state index in [1.807, 2.05) is 24.7 Å². The van der Waals surface area contributed by atoms with Gasteiger partial charge in [0.15, 0.2) is 0 Å². The largest absolute Gasteiger partial charge is 0.337 e. The molecular weight excluding hydrogens is 322 g/mol. The number of aromatic nitrogens is 3. The average Bonchev–Trinajstić information content (AvgIpc) is 3.11. The summed E-state index contributed by atoms with van der Waals surface area (Å²) in [6, 6.07) is 2.66. The Labute approximate surface area is 148 Å². The van der Waals surface area contributed by atoms with E-state index < -0.39 is 0 Å². The first-order chi connectivity index (χ1) is 11.7. The lowest BCUT2D eigenvalue weighted by atomic mass is 9.93. The van der Waals surface area contributed by atoms with Crippen LogP contribution in [0, 0.1) is 5.41 Å². The highest BCUT2D eigenvalue weighted by Crippen LogP contribution is 2.56. The quantitative estimate of drug-likeness (QED) is 0.904. The standard InChI is InChI=1S/C18H24ClN5/c1-23-9-8-22-17(23)13-24(12-14-2-5-21-11-15(14)19)16-10-18(16)3-6-20-7-4-18/h2,5,8-9,11,16,20H,3-4,6-7,10,12-13H2,1H3. The van der Waals surface area contributed by atoms with Crippen molar-refractivity contribution in [3.63, 3.8) is 0 Å². The minimum absolute atomic E-state index is 0.496. The van der Waals surface area contributed by atoms with Gasteiger partial charge in [0.05, 0.1) is 11.6 Å². The van der Waals surface area contributed by atoms with Crippen molar-refractivity contribution in [1.29, 1.82) is 0 Å². The predicted molar refractivity (Wildman–Crippen MR) is 94.6 cm³/mol. The van der Waals surface area contributed by atoms with Crippen LogP contribution in [-0.4, -0.2) is 38.6 Å². The summed E-state index contributed by atoms with van der Waals surface area (Å²) < 4.78 is 2.11. The summed E-state index contributed by atoms with van der Waals surface area (Å²) in [5.41, 5.74) is 1.65. The van der Waals surface area contributed by atoms with Crippen LogP contribution >= 0.6 is 11.6 Å². The molecule has 1 spiro atoms. The van der Waals surface area contributed by atoms with Gasteiger partial charge in [-0.05, 0) is 49.4 Å². The maximum Gasteiger partial charge on any atom is 0.122 e. The number of halogens is 1. The topological polar surface area (TPSA) is 46.0 Å². The second kappa shape index (κ2) is 6.47. The van der Waals surface area contributed by atoms with Crippen LogP contribution in [0.15, 0.2) is 30.9 Å². The lowest BCUT2D eigenvalue weighted by molar-refractivity contribution is 0.182. The fourth-order valence-corrected chi connectivity index (χ4v) is 4.24. The predicted octanol–water partition coefficient (Wildman–Crippen LogP) is 2.61. The zero-order valence-corrected chi connectivity index (χ0v) is 14.8. The van der Waals surface area contributed by atoms with Gasteiger partial charge in [-0.15, -0.1) is 0 Å². The van der Waals surface area contributed by atoms with Crippen LogP contribution in [0.25, 0.3) is 0 Å². The molecule has 0 amide bonds. The molecule has 3 heterocycles. The van der Waals surface area contributed by atoms with Crippen LogP contribution in [0.4, 0.5) is 0 Å². The van der Waals surface area contributed by atoms with E-state index in [1.54, 1.807) is 6.20 Å². The van der Waals surface area contributed by atoms with Gasteiger partial charge in [-0.3, -0.25) is 9.88 Å². The first-order valence-corrected chi connectivity index (χ1v) is 9.05. The molecule has 1 N–H and O–H groups in total. The van der Waals surface area contributed by atoms with Gasteiger partial charge >= 0.3 is 0 Å². The monoisotopic (exact) mass is 345 g/mol. The molecule has 2 aromatic rings. The van der Waals surface area contributed by atoms with Gasteiger partial charge in [0, 0.05) is 44.4 Å². The van der Waals surface area contributed by atoms with E-state index in [1.165, 1.54) is 19.3 Å². The van der Waals surface area contributed by atoms with Crippen LogP contribution in [0.2, 0.25) is 5.02 Å². The number of hydrogen-bond donors (Lipinski definition) is 1. The highest BCUT2D eigenvalue weighted by molar-refractivity contribution is 6.31. The third-order valence-electron chi connectivity index (χ3n) is 5.68. The van der Waals surface area contributed by atoms with Gasteiger partial charge in [0.25, 0.3) is 0 Å². The van der Waals surface area contributed by atoms with Gasteiger partial charge in [-0.25, -0.2) is 4.98 Å². The van der Waals surface area contributed by atoms with Crippen molar-refractivity contribution in [3.05, 3.63) is 47.3 Å². The molecule has 2 aromatic heterocycles. The molecular formula is C18H24ClN5. The van der Waals surface area contributed by atoms with E-state index in [-0.39, 0.29) is 0 Å². The summed E-state index contributed by atoms with van der Waals surface area (Å²) in [7, 11) is 2.06. The molecule has 2 aliphatic rings. The Bertz CT molecular complexity index is 707. The molecule has 1 saturated heterocycles. The first-order valence-electron chi connectivity index (χ1n) is 8.67. The highest BCUT2D eigenvalue weighted by atomic mass is 35.5. The fourth-order valence-electron chi connectivity index (χ4n) is 4.06. The van der Waals surface area contributed by atoms with Gasteiger partial charge in [0.2, 0.25) is 0 Å². The summed E-state index contributed by atoms with van der Waals surface area (Å²) in [5, 5.41) is 4.24. The maximum absolute atomic E-state index is 6.36. The Morgan fingerprint density at radius 1 is 1.33 bits per heavy atom. The van der Waals surface area contributed by atoms with Crippen LogP contribution < -0.4 is 5.32 Å². The van der Waals surface area contributed by atoms with Crippen LogP contribution in [0.5, 0.6) is 0 Å².